The molecule has 2 heterocycles. The van der Waals surface area contributed by atoms with Gasteiger partial charge < -0.3 is 4.98 Å². The molecule has 5 heteroatoms. The molecule has 2 aromatic heterocycles. The van der Waals surface area contributed by atoms with Crippen molar-refractivity contribution in [3.8, 4) is 11.5 Å². The summed E-state index contributed by atoms with van der Waals surface area (Å²) in [4.78, 5) is 19.4. The number of hydrogen-bond donors (Lipinski definition) is 1. The lowest BCUT2D eigenvalue weighted by atomic mass is 10.0. The number of hydrogen-bond acceptors (Lipinski definition) is 3. The Bertz CT molecular complexity index is 610. The molecule has 0 saturated carbocycles. The first-order chi connectivity index (χ1) is 8.54. The summed E-state index contributed by atoms with van der Waals surface area (Å²) in [7, 11) is 0. The van der Waals surface area contributed by atoms with Crippen molar-refractivity contribution in [2.45, 2.75) is 40.2 Å². The predicted molar refractivity (Wildman–Crippen MR) is 70.6 cm³/mol. The topological polar surface area (TPSA) is 63.6 Å². The zero-order valence-corrected chi connectivity index (χ0v) is 11.2. The highest BCUT2D eigenvalue weighted by Gasteiger charge is 2.14. The van der Waals surface area contributed by atoms with Gasteiger partial charge in [-0.05, 0) is 25.8 Å². The van der Waals surface area contributed by atoms with Gasteiger partial charge in [-0.1, -0.05) is 13.8 Å². The van der Waals surface area contributed by atoms with Gasteiger partial charge in [0, 0.05) is 24.0 Å². The predicted octanol–water partition coefficient (Wildman–Crippen LogP) is 2.09. The summed E-state index contributed by atoms with van der Waals surface area (Å²) in [6, 6.07) is 1.86. The van der Waals surface area contributed by atoms with Gasteiger partial charge in [0.25, 0.3) is 5.56 Å². The quantitative estimate of drug-likeness (QED) is 0.901. The van der Waals surface area contributed by atoms with Crippen molar-refractivity contribution in [2.75, 3.05) is 0 Å². The molecule has 0 fully saturated rings. The van der Waals surface area contributed by atoms with Crippen LogP contribution in [0.5, 0.6) is 0 Å². The molecule has 2 rings (SSSR count). The van der Waals surface area contributed by atoms with Crippen LogP contribution in [0.4, 0.5) is 0 Å². The minimum Gasteiger partial charge on any atom is -0.305 e. The lowest BCUT2D eigenvalue weighted by Gasteiger charge is -2.10. The van der Waals surface area contributed by atoms with Crippen molar-refractivity contribution in [3.63, 3.8) is 0 Å². The summed E-state index contributed by atoms with van der Waals surface area (Å²) in [6.07, 6.45) is 1.71. The molecule has 0 aliphatic carbocycles. The Kier molecular flexibility index (Phi) is 3.32. The van der Waals surface area contributed by atoms with Gasteiger partial charge in [-0.2, -0.15) is 5.10 Å². The van der Waals surface area contributed by atoms with Crippen molar-refractivity contribution in [1.29, 1.82) is 0 Å². The van der Waals surface area contributed by atoms with E-state index in [-0.39, 0.29) is 11.5 Å². The number of aryl methyl sites for hydroxylation is 2. The van der Waals surface area contributed by atoms with Crippen LogP contribution in [0.2, 0.25) is 0 Å². The third-order valence-electron chi connectivity index (χ3n) is 2.98. The molecule has 0 unspecified atom stereocenters. The van der Waals surface area contributed by atoms with E-state index in [1.54, 1.807) is 6.20 Å². The van der Waals surface area contributed by atoms with E-state index in [0.717, 1.165) is 23.5 Å². The normalized spacial score (nSPS) is 11.2. The van der Waals surface area contributed by atoms with Gasteiger partial charge in [-0.15, -0.1) is 0 Å². The van der Waals surface area contributed by atoms with Crippen LogP contribution in [0.3, 0.4) is 0 Å². The van der Waals surface area contributed by atoms with E-state index in [2.05, 4.69) is 15.1 Å². The molecule has 1 N–H and O–H groups in total. The zero-order chi connectivity index (χ0) is 13.3. The van der Waals surface area contributed by atoms with Gasteiger partial charge in [0.2, 0.25) is 0 Å². The minimum absolute atomic E-state index is 0.0589. The van der Waals surface area contributed by atoms with Crippen molar-refractivity contribution in [1.82, 2.24) is 19.7 Å². The Labute approximate surface area is 106 Å². The molecule has 18 heavy (non-hydrogen) atoms. The van der Waals surface area contributed by atoms with Crippen molar-refractivity contribution in [2.24, 2.45) is 0 Å². The van der Waals surface area contributed by atoms with Crippen LogP contribution in [0, 0.1) is 6.92 Å². The molecule has 0 aliphatic rings. The average Bonchev–Trinajstić information content (AvgIpc) is 2.75. The zero-order valence-electron chi connectivity index (χ0n) is 11.2. The van der Waals surface area contributed by atoms with Crippen LogP contribution in [-0.4, -0.2) is 19.7 Å². The van der Waals surface area contributed by atoms with Gasteiger partial charge in [-0.3, -0.25) is 9.48 Å². The number of rotatable bonds is 3. The summed E-state index contributed by atoms with van der Waals surface area (Å²) >= 11 is 0. The fraction of sp³-hybridized carbons (Fsp3) is 0.462. The Balaban J connectivity index is 2.59. The summed E-state index contributed by atoms with van der Waals surface area (Å²) < 4.78 is 1.81. The summed E-state index contributed by atoms with van der Waals surface area (Å²) in [5.74, 6) is 0.757. The second kappa shape index (κ2) is 4.76. The maximum Gasteiger partial charge on any atom is 0.254 e. The van der Waals surface area contributed by atoms with E-state index in [1.807, 2.05) is 38.4 Å². The van der Waals surface area contributed by atoms with Crippen LogP contribution in [0.25, 0.3) is 11.5 Å². The highest BCUT2D eigenvalue weighted by atomic mass is 16.1. The number of H-pyrrole nitrogens is 1. The first-order valence-corrected chi connectivity index (χ1v) is 6.17. The molecule has 5 nitrogen and oxygen atoms in total. The van der Waals surface area contributed by atoms with Gasteiger partial charge in [0.1, 0.15) is 5.69 Å². The first kappa shape index (κ1) is 12.5. The Morgan fingerprint density at radius 3 is 2.72 bits per heavy atom. The Morgan fingerprint density at radius 1 is 1.44 bits per heavy atom. The molecule has 0 spiro atoms. The standard InChI is InChI=1S/C13H18N4O/c1-5-17-10(6-7-14-17)12-15-9(4)11(8(2)3)13(18)16-12/h6-8H,5H2,1-4H3,(H,15,16,18). The average molecular weight is 246 g/mol. The lowest BCUT2D eigenvalue weighted by Crippen LogP contribution is -2.19. The van der Waals surface area contributed by atoms with Crippen molar-refractivity contribution >= 4 is 0 Å². The second-order valence-corrected chi connectivity index (χ2v) is 4.60. The molecule has 0 aliphatic heterocycles. The van der Waals surface area contributed by atoms with Crippen molar-refractivity contribution < 1.29 is 0 Å². The van der Waals surface area contributed by atoms with Crippen LogP contribution in [-0.2, 0) is 6.54 Å². The molecule has 0 radical (unpaired) electrons. The van der Waals surface area contributed by atoms with Gasteiger partial charge in [0.05, 0.1) is 0 Å². The van der Waals surface area contributed by atoms with E-state index in [0.29, 0.717) is 5.82 Å². The van der Waals surface area contributed by atoms with Crippen LogP contribution < -0.4 is 5.56 Å². The smallest absolute Gasteiger partial charge is 0.254 e. The van der Waals surface area contributed by atoms with Crippen LogP contribution >= 0.6 is 0 Å². The fourth-order valence-corrected chi connectivity index (χ4v) is 2.18. The largest absolute Gasteiger partial charge is 0.305 e. The van der Waals surface area contributed by atoms with E-state index in [1.165, 1.54) is 0 Å². The summed E-state index contributed by atoms with van der Waals surface area (Å²) in [6.45, 7) is 8.62. The molecule has 0 saturated heterocycles. The van der Waals surface area contributed by atoms with Gasteiger partial charge in [0.15, 0.2) is 5.82 Å². The van der Waals surface area contributed by atoms with E-state index in [9.17, 15) is 4.79 Å². The van der Waals surface area contributed by atoms with E-state index in [4.69, 9.17) is 0 Å². The number of aromatic nitrogens is 4. The number of nitrogens with one attached hydrogen (secondary N) is 1. The maximum atomic E-state index is 12.1. The van der Waals surface area contributed by atoms with Crippen LogP contribution in [0.1, 0.15) is 37.9 Å². The van der Waals surface area contributed by atoms with E-state index < -0.39 is 0 Å². The third-order valence-corrected chi connectivity index (χ3v) is 2.98. The van der Waals surface area contributed by atoms with E-state index >= 15 is 0 Å². The summed E-state index contributed by atoms with van der Waals surface area (Å²) in [5, 5.41) is 4.18. The molecule has 0 aromatic carbocycles. The fourth-order valence-electron chi connectivity index (χ4n) is 2.18. The third kappa shape index (κ3) is 2.08. The molecule has 0 atom stereocenters. The number of nitrogens with zero attached hydrogens (tertiary/aromatic N) is 3. The second-order valence-electron chi connectivity index (χ2n) is 4.60. The maximum absolute atomic E-state index is 12.1. The SMILES string of the molecule is CCn1nccc1-c1nc(C)c(C(C)C)c(=O)[nH]1. The molecular formula is C13H18N4O. The van der Waals surface area contributed by atoms with Gasteiger partial charge >= 0.3 is 0 Å². The Morgan fingerprint density at radius 2 is 2.17 bits per heavy atom. The van der Waals surface area contributed by atoms with Crippen molar-refractivity contribution in [3.05, 3.63) is 33.9 Å². The molecule has 0 bridgehead atoms. The highest BCUT2D eigenvalue weighted by molar-refractivity contribution is 5.49. The first-order valence-electron chi connectivity index (χ1n) is 6.17. The Hall–Kier alpha value is -1.91. The lowest BCUT2D eigenvalue weighted by molar-refractivity contribution is 0.662. The summed E-state index contributed by atoms with van der Waals surface area (Å²) in [5.41, 5.74) is 2.32. The molecule has 0 amide bonds. The highest BCUT2D eigenvalue weighted by Crippen LogP contribution is 2.17. The molecule has 2 aromatic rings. The number of aromatic amines is 1. The van der Waals surface area contributed by atoms with Crippen LogP contribution in [0.15, 0.2) is 17.1 Å². The molecular weight excluding hydrogens is 228 g/mol. The monoisotopic (exact) mass is 246 g/mol. The molecule has 96 valence electrons. The van der Waals surface area contributed by atoms with Gasteiger partial charge in [-0.25, -0.2) is 4.98 Å². The minimum atomic E-state index is -0.0589.